The highest BCUT2D eigenvalue weighted by Crippen LogP contribution is 2.60. The summed E-state index contributed by atoms with van der Waals surface area (Å²) >= 11 is 0. The van der Waals surface area contributed by atoms with Gasteiger partial charge in [0, 0.05) is 0 Å². The molecular formula is C43H82. The van der Waals surface area contributed by atoms with Gasteiger partial charge in [0.1, 0.15) is 0 Å². The third kappa shape index (κ3) is 12.6. The van der Waals surface area contributed by atoms with E-state index in [-0.39, 0.29) is 0 Å². The predicted molar refractivity (Wildman–Crippen MR) is 194 cm³/mol. The van der Waals surface area contributed by atoms with Crippen LogP contribution in [0.5, 0.6) is 0 Å². The van der Waals surface area contributed by atoms with Gasteiger partial charge in [-0.3, -0.25) is 0 Å². The molecule has 3 saturated carbocycles. The molecule has 0 spiro atoms. The van der Waals surface area contributed by atoms with E-state index in [1.807, 2.05) is 0 Å². The topological polar surface area (TPSA) is 0 Å². The van der Waals surface area contributed by atoms with E-state index in [2.05, 4.69) is 41.5 Å². The molecule has 0 aliphatic heterocycles. The van der Waals surface area contributed by atoms with Crippen molar-refractivity contribution in [2.24, 2.45) is 52.8 Å². The number of hydrogen-bond donors (Lipinski definition) is 0. The third-order valence-electron chi connectivity index (χ3n) is 13.8. The van der Waals surface area contributed by atoms with Crippen molar-refractivity contribution in [3.8, 4) is 0 Å². The van der Waals surface area contributed by atoms with E-state index in [0.29, 0.717) is 5.41 Å². The average Bonchev–Trinajstić information content (AvgIpc) is 2.99. The molecule has 0 N–H and O–H groups in total. The minimum Gasteiger partial charge on any atom is -0.0654 e. The SMILES string of the molecule is CCCC1(CC)C2CCCCC(C)CCCCC(C)CCCCC2CC2CCCCC(C)CCCCC(C)CCCCC21. The van der Waals surface area contributed by atoms with Gasteiger partial charge in [-0.2, -0.15) is 0 Å². The normalized spacial score (nSPS) is 39.8. The molecule has 43 heavy (non-hydrogen) atoms. The molecule has 3 rings (SSSR count). The fraction of sp³-hybridized carbons (Fsp3) is 1.00. The van der Waals surface area contributed by atoms with Gasteiger partial charge in [-0.15, -0.1) is 0 Å². The first-order valence-corrected chi connectivity index (χ1v) is 20.9. The summed E-state index contributed by atoms with van der Waals surface area (Å²) in [6, 6.07) is 0. The molecule has 0 aromatic heterocycles. The molecule has 3 aliphatic carbocycles. The standard InChI is InChI=1S/C43H82/c1-7-33-43(8-2)41-31-19-15-27-37(5)23-11-9-21-35(3)25-13-17-29-39(41)34-40-30-18-14-26-36(4)22-10-12-24-38(6)28-16-20-32-42(40)43/h35-42H,7-34H2,1-6H3. The maximum absolute atomic E-state index is 2.65. The zero-order chi connectivity index (χ0) is 30.9. The Kier molecular flexibility index (Phi) is 18.3. The number of rotatable bonds is 3. The molecule has 0 saturated heterocycles. The molecule has 8 atom stereocenters. The predicted octanol–water partition coefficient (Wildman–Crippen LogP) is 15.0. The first-order chi connectivity index (χ1) is 20.9. The second-order valence-electron chi connectivity index (χ2n) is 17.4. The molecule has 0 heterocycles. The van der Waals surface area contributed by atoms with Crippen LogP contribution in [0.25, 0.3) is 0 Å². The van der Waals surface area contributed by atoms with Crippen molar-refractivity contribution in [3.63, 3.8) is 0 Å². The van der Waals surface area contributed by atoms with E-state index in [0.717, 1.165) is 47.3 Å². The van der Waals surface area contributed by atoms with Crippen molar-refractivity contribution in [3.05, 3.63) is 0 Å². The van der Waals surface area contributed by atoms with Gasteiger partial charge in [0.25, 0.3) is 0 Å². The Labute approximate surface area is 273 Å². The lowest BCUT2D eigenvalue weighted by Crippen LogP contribution is -2.49. The quantitative estimate of drug-likeness (QED) is 0.303. The van der Waals surface area contributed by atoms with Crippen LogP contribution in [-0.4, -0.2) is 0 Å². The fourth-order valence-corrected chi connectivity index (χ4v) is 11.2. The van der Waals surface area contributed by atoms with E-state index < -0.39 is 0 Å². The second-order valence-corrected chi connectivity index (χ2v) is 17.4. The summed E-state index contributed by atoms with van der Waals surface area (Å²) in [6.07, 6.45) is 42.0. The fourth-order valence-electron chi connectivity index (χ4n) is 11.2. The van der Waals surface area contributed by atoms with Gasteiger partial charge in [0.05, 0.1) is 0 Å². The lowest BCUT2D eigenvalue weighted by atomic mass is 9.47. The largest absolute Gasteiger partial charge is 0.0654 e. The molecule has 0 radical (unpaired) electrons. The Balaban J connectivity index is 1.84. The summed E-state index contributed by atoms with van der Waals surface area (Å²) in [5, 5.41) is 0. The van der Waals surface area contributed by atoms with E-state index in [1.54, 1.807) is 32.1 Å². The molecule has 0 aromatic carbocycles. The Morgan fingerprint density at radius 3 is 0.953 bits per heavy atom. The van der Waals surface area contributed by atoms with Crippen LogP contribution >= 0.6 is 0 Å². The Bertz CT molecular complexity index is 628. The van der Waals surface area contributed by atoms with Crippen LogP contribution in [0.4, 0.5) is 0 Å². The Morgan fingerprint density at radius 1 is 0.395 bits per heavy atom. The van der Waals surface area contributed by atoms with Crippen molar-refractivity contribution >= 4 is 0 Å². The summed E-state index contributed by atoms with van der Waals surface area (Å²) in [5.41, 5.74) is 0.622. The van der Waals surface area contributed by atoms with E-state index in [4.69, 9.17) is 0 Å². The summed E-state index contributed by atoms with van der Waals surface area (Å²) < 4.78 is 0. The molecule has 3 fully saturated rings. The molecule has 3 aliphatic rings. The lowest BCUT2D eigenvalue weighted by molar-refractivity contribution is -0.0820. The molecule has 8 unspecified atom stereocenters. The van der Waals surface area contributed by atoms with Crippen molar-refractivity contribution < 1.29 is 0 Å². The van der Waals surface area contributed by atoms with Crippen LogP contribution in [0.2, 0.25) is 0 Å². The van der Waals surface area contributed by atoms with Crippen molar-refractivity contribution in [2.45, 2.75) is 221 Å². The zero-order valence-electron chi connectivity index (χ0n) is 30.9. The summed E-state index contributed by atoms with van der Waals surface area (Å²) in [5.74, 6) is 7.81. The van der Waals surface area contributed by atoms with Crippen LogP contribution in [0.1, 0.15) is 221 Å². The Hall–Kier alpha value is 0. The monoisotopic (exact) mass is 599 g/mol. The lowest BCUT2D eigenvalue weighted by Gasteiger charge is -2.57. The second kappa shape index (κ2) is 21.0. The first kappa shape index (κ1) is 37.5. The smallest absolute Gasteiger partial charge is 0.0238 e. The van der Waals surface area contributed by atoms with Crippen LogP contribution in [0, 0.1) is 52.8 Å². The zero-order valence-corrected chi connectivity index (χ0v) is 30.9. The number of hydrogen-bond acceptors (Lipinski definition) is 0. The third-order valence-corrected chi connectivity index (χ3v) is 13.8. The summed E-state index contributed by atoms with van der Waals surface area (Å²) in [7, 11) is 0. The maximum Gasteiger partial charge on any atom is -0.0238 e. The van der Waals surface area contributed by atoms with Crippen molar-refractivity contribution in [1.29, 1.82) is 0 Å². The molecule has 254 valence electrons. The van der Waals surface area contributed by atoms with E-state index in [1.165, 1.54) is 148 Å². The van der Waals surface area contributed by atoms with Gasteiger partial charge < -0.3 is 0 Å². The molecule has 0 aromatic rings. The maximum atomic E-state index is 2.65. The van der Waals surface area contributed by atoms with Gasteiger partial charge in [0.2, 0.25) is 0 Å². The van der Waals surface area contributed by atoms with Gasteiger partial charge >= 0.3 is 0 Å². The van der Waals surface area contributed by atoms with Crippen molar-refractivity contribution in [2.75, 3.05) is 0 Å². The molecule has 0 nitrogen and oxygen atoms in total. The van der Waals surface area contributed by atoms with Gasteiger partial charge in [0.15, 0.2) is 0 Å². The minimum atomic E-state index is 0.622. The molecule has 0 amide bonds. The minimum absolute atomic E-state index is 0.622. The van der Waals surface area contributed by atoms with E-state index >= 15 is 0 Å². The molecule has 0 heteroatoms. The highest BCUT2D eigenvalue weighted by molar-refractivity contribution is 5.01. The van der Waals surface area contributed by atoms with Crippen LogP contribution < -0.4 is 0 Å². The highest BCUT2D eigenvalue weighted by atomic mass is 14.6. The van der Waals surface area contributed by atoms with Crippen LogP contribution in [0.15, 0.2) is 0 Å². The van der Waals surface area contributed by atoms with Crippen LogP contribution in [-0.2, 0) is 0 Å². The van der Waals surface area contributed by atoms with Gasteiger partial charge in [-0.1, -0.05) is 189 Å². The van der Waals surface area contributed by atoms with Crippen LogP contribution in [0.3, 0.4) is 0 Å². The van der Waals surface area contributed by atoms with E-state index in [9.17, 15) is 0 Å². The van der Waals surface area contributed by atoms with Gasteiger partial charge in [-0.25, -0.2) is 0 Å². The average molecular weight is 599 g/mol. The van der Waals surface area contributed by atoms with Gasteiger partial charge in [-0.05, 0) is 84.9 Å². The Morgan fingerprint density at radius 2 is 0.674 bits per heavy atom. The number of fused-ring (bicyclic) bond motifs is 2. The molecular weight excluding hydrogens is 516 g/mol. The van der Waals surface area contributed by atoms with Crippen molar-refractivity contribution in [1.82, 2.24) is 0 Å². The first-order valence-electron chi connectivity index (χ1n) is 20.9. The molecule has 0 bridgehead atoms. The summed E-state index contributed by atoms with van der Waals surface area (Å²) in [6.45, 7) is 15.4. The summed E-state index contributed by atoms with van der Waals surface area (Å²) in [4.78, 5) is 0. The highest BCUT2D eigenvalue weighted by Gasteiger charge is 2.51.